The highest BCUT2D eigenvalue weighted by Gasteiger charge is 2.39. The number of rotatable bonds is 4. The second-order valence-electron chi connectivity index (χ2n) is 8.30. The number of para-hydroxylation sites is 1. The molecular weight excluding hydrogens is 454 g/mol. The molecule has 3 heterocycles. The lowest BCUT2D eigenvalue weighted by molar-refractivity contribution is -0.136. The van der Waals surface area contributed by atoms with Crippen LogP contribution >= 0.6 is 11.8 Å². The van der Waals surface area contributed by atoms with Crippen molar-refractivity contribution < 1.29 is 23.9 Å². The monoisotopic (exact) mass is 477 g/mol. The van der Waals surface area contributed by atoms with Crippen molar-refractivity contribution in [3.8, 4) is 0 Å². The molecule has 2 saturated heterocycles. The van der Waals surface area contributed by atoms with Gasteiger partial charge >= 0.3 is 0 Å². The van der Waals surface area contributed by atoms with E-state index < -0.39 is 17.1 Å². The zero-order valence-corrected chi connectivity index (χ0v) is 19.1. The van der Waals surface area contributed by atoms with Crippen LogP contribution in [0.3, 0.4) is 0 Å². The Morgan fingerprint density at radius 3 is 2.53 bits per heavy atom. The predicted octanol–water partition coefficient (Wildman–Crippen LogP) is 2.51. The van der Waals surface area contributed by atoms with Crippen LogP contribution in [0.25, 0.3) is 0 Å². The Morgan fingerprint density at radius 2 is 1.76 bits per heavy atom. The zero-order chi connectivity index (χ0) is 23.7. The summed E-state index contributed by atoms with van der Waals surface area (Å²) in [5.74, 6) is -1.46. The number of carbonyl (C=O) groups is 4. The summed E-state index contributed by atoms with van der Waals surface area (Å²) < 4.78 is 5.60. The first kappa shape index (κ1) is 22.2. The van der Waals surface area contributed by atoms with E-state index in [4.69, 9.17) is 4.74 Å². The minimum Gasteiger partial charge on any atom is -0.492 e. The van der Waals surface area contributed by atoms with E-state index in [0.29, 0.717) is 26.2 Å². The zero-order valence-electron chi connectivity index (χ0n) is 18.3. The molecule has 1 aromatic rings. The van der Waals surface area contributed by atoms with Crippen molar-refractivity contribution in [3.63, 3.8) is 0 Å². The van der Waals surface area contributed by atoms with Gasteiger partial charge in [0.05, 0.1) is 22.7 Å². The lowest BCUT2D eigenvalue weighted by Crippen LogP contribution is -2.51. The van der Waals surface area contributed by atoms with E-state index >= 15 is 0 Å². The number of hydrogen-bond acceptors (Lipinski definition) is 7. The maximum absolute atomic E-state index is 12.9. The number of ketones is 1. The molecular formula is C25H23N3O5S. The molecule has 0 unspecified atom stereocenters. The van der Waals surface area contributed by atoms with Crippen LogP contribution < -0.4 is 4.90 Å². The number of piperazine rings is 1. The van der Waals surface area contributed by atoms with Gasteiger partial charge in [0.1, 0.15) is 12.6 Å². The molecule has 1 aliphatic carbocycles. The molecule has 2 fully saturated rings. The number of imide groups is 1. The summed E-state index contributed by atoms with van der Waals surface area (Å²) in [4.78, 5) is 55.9. The van der Waals surface area contributed by atoms with Gasteiger partial charge in [-0.1, -0.05) is 36.4 Å². The van der Waals surface area contributed by atoms with Crippen molar-refractivity contribution in [2.24, 2.45) is 5.92 Å². The molecule has 0 bridgehead atoms. The summed E-state index contributed by atoms with van der Waals surface area (Å²) in [6, 6.07) is 9.98. The number of nitrogens with zero attached hydrogens (tertiary/aromatic N) is 3. The molecule has 5 rings (SSSR count). The minimum absolute atomic E-state index is 0.115. The SMILES string of the molecule is O=C1C(/C=C2/SC(=O)N(CC(=O)N3CCN(c4ccccc4)CC3)C2=O)=CO[C@H]2C=CC=C[C@H]12. The summed E-state index contributed by atoms with van der Waals surface area (Å²) in [5, 5.41) is -0.518. The van der Waals surface area contributed by atoms with E-state index in [1.54, 1.807) is 23.1 Å². The molecule has 0 radical (unpaired) electrons. The molecule has 0 saturated carbocycles. The lowest BCUT2D eigenvalue weighted by Gasteiger charge is -2.36. The number of fused-ring (bicyclic) bond motifs is 1. The highest BCUT2D eigenvalue weighted by Crippen LogP contribution is 2.34. The van der Waals surface area contributed by atoms with Crippen LogP contribution in [0.1, 0.15) is 0 Å². The number of ether oxygens (including phenoxy) is 1. The van der Waals surface area contributed by atoms with Crippen molar-refractivity contribution in [1.29, 1.82) is 0 Å². The number of anilines is 1. The third kappa shape index (κ3) is 4.31. The molecule has 0 aromatic heterocycles. The Bertz CT molecular complexity index is 1150. The average molecular weight is 478 g/mol. The van der Waals surface area contributed by atoms with Crippen molar-refractivity contribution in [2.45, 2.75) is 6.10 Å². The Hall–Kier alpha value is -3.59. The molecule has 3 amide bonds. The van der Waals surface area contributed by atoms with Gasteiger partial charge in [0.15, 0.2) is 5.78 Å². The molecule has 4 aliphatic rings. The number of hydrogen-bond donors (Lipinski definition) is 0. The molecule has 0 spiro atoms. The van der Waals surface area contributed by atoms with Gasteiger partial charge in [-0.05, 0) is 36.0 Å². The van der Waals surface area contributed by atoms with Gasteiger partial charge in [-0.3, -0.25) is 24.1 Å². The second-order valence-corrected chi connectivity index (χ2v) is 9.30. The van der Waals surface area contributed by atoms with Crippen LogP contribution in [0, 0.1) is 5.92 Å². The summed E-state index contributed by atoms with van der Waals surface area (Å²) in [7, 11) is 0. The van der Waals surface area contributed by atoms with Crippen LogP contribution in [0.15, 0.2) is 77.5 Å². The van der Waals surface area contributed by atoms with Gasteiger partial charge in [0.2, 0.25) is 5.91 Å². The maximum Gasteiger partial charge on any atom is 0.294 e. The van der Waals surface area contributed by atoms with E-state index in [-0.39, 0.29) is 34.8 Å². The third-order valence-corrected chi connectivity index (χ3v) is 7.14. The van der Waals surface area contributed by atoms with Crippen LogP contribution in [0.4, 0.5) is 10.5 Å². The van der Waals surface area contributed by atoms with E-state index in [9.17, 15) is 19.2 Å². The summed E-state index contributed by atoms with van der Waals surface area (Å²) >= 11 is 0.732. The van der Waals surface area contributed by atoms with E-state index in [1.807, 2.05) is 36.4 Å². The van der Waals surface area contributed by atoms with Crippen LogP contribution in [0.2, 0.25) is 0 Å². The number of allylic oxidation sites excluding steroid dienone is 4. The molecule has 34 heavy (non-hydrogen) atoms. The Balaban J connectivity index is 1.21. The van der Waals surface area contributed by atoms with Gasteiger partial charge in [-0.15, -0.1) is 0 Å². The van der Waals surface area contributed by atoms with Crippen LogP contribution in [-0.2, 0) is 19.1 Å². The van der Waals surface area contributed by atoms with E-state index in [1.165, 1.54) is 12.3 Å². The van der Waals surface area contributed by atoms with E-state index in [2.05, 4.69) is 4.90 Å². The third-order valence-electron chi connectivity index (χ3n) is 6.23. The smallest absolute Gasteiger partial charge is 0.294 e. The topological polar surface area (TPSA) is 87.2 Å². The molecule has 1 aromatic carbocycles. The highest BCUT2D eigenvalue weighted by molar-refractivity contribution is 8.18. The van der Waals surface area contributed by atoms with Gasteiger partial charge in [0, 0.05) is 31.9 Å². The summed E-state index contributed by atoms with van der Waals surface area (Å²) in [6.45, 7) is 2.08. The van der Waals surface area contributed by atoms with Gasteiger partial charge < -0.3 is 14.5 Å². The number of Topliss-reactive ketones (excluding diaryl/α,β-unsaturated/α-hetero) is 1. The van der Waals surface area contributed by atoms with Crippen molar-refractivity contribution in [2.75, 3.05) is 37.6 Å². The Kier molecular flexibility index (Phi) is 6.10. The van der Waals surface area contributed by atoms with Gasteiger partial charge in [0.25, 0.3) is 11.1 Å². The lowest BCUT2D eigenvalue weighted by atomic mass is 9.88. The highest BCUT2D eigenvalue weighted by atomic mass is 32.2. The first-order valence-corrected chi connectivity index (χ1v) is 11.9. The van der Waals surface area contributed by atoms with Crippen molar-refractivity contribution >= 4 is 40.3 Å². The standard InChI is InChI=1S/C25H23N3O5S/c29-22(27-12-10-26(11-13-27)18-6-2-1-3-7-18)15-28-24(31)21(34-25(28)32)14-17-16-33-20-9-5-4-8-19(20)23(17)30/h1-9,14,16,19-20H,10-13,15H2/b21-14+/t19-,20-/m0/s1. The van der Waals surface area contributed by atoms with Crippen molar-refractivity contribution in [3.05, 3.63) is 77.5 Å². The normalized spacial score (nSPS) is 25.5. The number of amides is 3. The fraction of sp³-hybridized carbons (Fsp3) is 0.280. The average Bonchev–Trinajstić information content (AvgIpc) is 3.13. The number of benzene rings is 1. The fourth-order valence-electron chi connectivity index (χ4n) is 4.33. The van der Waals surface area contributed by atoms with Gasteiger partial charge in [-0.2, -0.15) is 0 Å². The molecule has 2 atom stereocenters. The quantitative estimate of drug-likeness (QED) is 0.616. The Labute approximate surface area is 201 Å². The predicted molar refractivity (Wildman–Crippen MR) is 128 cm³/mol. The molecule has 8 nitrogen and oxygen atoms in total. The van der Waals surface area contributed by atoms with Crippen molar-refractivity contribution in [1.82, 2.24) is 9.80 Å². The molecule has 9 heteroatoms. The number of carbonyl (C=O) groups excluding carboxylic acids is 4. The first-order chi connectivity index (χ1) is 16.5. The molecule has 174 valence electrons. The number of thioether (sulfide) groups is 1. The first-order valence-electron chi connectivity index (χ1n) is 11.1. The molecule has 3 aliphatic heterocycles. The Morgan fingerprint density at radius 1 is 1.03 bits per heavy atom. The second kappa shape index (κ2) is 9.34. The minimum atomic E-state index is -0.568. The summed E-state index contributed by atoms with van der Waals surface area (Å²) in [5.41, 5.74) is 1.34. The maximum atomic E-state index is 12.9. The van der Waals surface area contributed by atoms with Gasteiger partial charge in [-0.25, -0.2) is 0 Å². The van der Waals surface area contributed by atoms with E-state index in [0.717, 1.165) is 22.3 Å². The summed E-state index contributed by atoms with van der Waals surface area (Å²) in [6.07, 6.45) is 9.52. The fourth-order valence-corrected chi connectivity index (χ4v) is 5.16. The largest absolute Gasteiger partial charge is 0.492 e. The molecule has 0 N–H and O–H groups in total. The van der Waals surface area contributed by atoms with Crippen LogP contribution in [-0.4, -0.2) is 71.5 Å². The van der Waals surface area contributed by atoms with Crippen LogP contribution in [0.5, 0.6) is 0 Å².